The number of anilines is 8. The number of carbonyl (C=O) groups is 6. The number of nitrogen functional groups attached to an aromatic ring is 2. The summed E-state index contributed by atoms with van der Waals surface area (Å²) in [4.78, 5) is 109. The largest absolute Gasteiger partial charge is 2.00 e. The first-order valence-corrected chi connectivity index (χ1v) is 20.2. The zero-order chi connectivity index (χ0) is 48.2. The Kier molecular flexibility index (Phi) is 18.5. The number of benzene rings is 2. The van der Waals surface area contributed by atoms with Crippen molar-refractivity contribution in [3.63, 3.8) is 0 Å². The summed E-state index contributed by atoms with van der Waals surface area (Å²) >= 11 is 0. The maximum atomic E-state index is 12.3. The molecule has 27 heteroatoms. The average molecular weight is 957 g/mol. The summed E-state index contributed by atoms with van der Waals surface area (Å²) in [5, 5.41) is 56.8. The van der Waals surface area contributed by atoms with Crippen LogP contribution >= 0.6 is 0 Å². The molecule has 2 aliphatic heterocycles. The molecule has 26 nitrogen and oxygen atoms in total. The molecule has 0 spiro atoms. The summed E-state index contributed by atoms with van der Waals surface area (Å²) < 4.78 is 0. The first-order valence-electron chi connectivity index (χ1n) is 20.2. The van der Waals surface area contributed by atoms with E-state index in [0.29, 0.717) is 60.6 Å². The Morgan fingerprint density at radius 1 is 0.672 bits per heavy atom. The van der Waals surface area contributed by atoms with Crippen LogP contribution in [0.2, 0.25) is 0 Å². The number of aliphatic carboxylic acids is 4. The van der Waals surface area contributed by atoms with Gasteiger partial charge in [-0.1, -0.05) is 0 Å². The van der Waals surface area contributed by atoms with Crippen LogP contribution in [-0.2, 0) is 19.2 Å². The van der Waals surface area contributed by atoms with Gasteiger partial charge in [0.2, 0.25) is 11.9 Å². The predicted octanol–water partition coefficient (Wildman–Crippen LogP) is -3.57. The Bertz CT molecular complexity index is 2380. The van der Waals surface area contributed by atoms with Crippen LogP contribution in [0.1, 0.15) is 46.4 Å². The molecule has 2 amide bonds. The van der Waals surface area contributed by atoms with Crippen molar-refractivity contribution < 1.29 is 49.2 Å². The number of aromatic amines is 2. The Hall–Kier alpha value is -7.32. The second-order valence-electron chi connectivity index (χ2n) is 15.1. The van der Waals surface area contributed by atoms with Crippen LogP contribution in [0, 0.1) is 0 Å². The second-order valence-corrected chi connectivity index (χ2v) is 15.1. The van der Waals surface area contributed by atoms with E-state index in [1.54, 1.807) is 38.4 Å². The van der Waals surface area contributed by atoms with Gasteiger partial charge < -0.3 is 83.2 Å². The van der Waals surface area contributed by atoms with Crippen LogP contribution in [-0.4, -0.2) is 168 Å². The number of hydrogen-bond donors (Lipinski definition) is 12. The van der Waals surface area contributed by atoms with Crippen molar-refractivity contribution in [2.45, 2.75) is 49.9 Å². The standard InChI is InChI=1S/2C20H25N7O6.Ca/c2*1-27-12(9-23-16-15(27)18(31)26-20(21)25-16)8-22-11-4-2-10(3-5-11)17(30)24-13(19(32)33)6-7-14(28)29;/h2*2-5,12-13,22H,6-9H2,1H3,(H,24,30)(H,28,29)(H,32,33)(H4,21,23,25,26,31);/q;;+2/p-2/t12-,13?;;/m0../s1. The van der Waals surface area contributed by atoms with E-state index in [4.69, 9.17) is 21.7 Å². The van der Waals surface area contributed by atoms with Gasteiger partial charge in [0, 0.05) is 75.6 Å². The molecule has 0 saturated heterocycles. The third-order valence-corrected chi connectivity index (χ3v) is 10.5. The zero-order valence-electron chi connectivity index (χ0n) is 36.2. The monoisotopic (exact) mass is 956 g/mol. The van der Waals surface area contributed by atoms with Crippen LogP contribution in [0.15, 0.2) is 58.1 Å². The van der Waals surface area contributed by atoms with Crippen molar-refractivity contribution >= 4 is 120 Å². The number of carboxylic acid groups (broad SMARTS) is 4. The number of aromatic nitrogens is 4. The first kappa shape index (κ1) is 52.3. The van der Waals surface area contributed by atoms with Crippen LogP contribution in [0.25, 0.3) is 0 Å². The Morgan fingerprint density at radius 3 is 1.33 bits per heavy atom. The summed E-state index contributed by atoms with van der Waals surface area (Å²) in [7, 11) is 3.56. The molecule has 4 aromatic rings. The van der Waals surface area contributed by atoms with Gasteiger partial charge in [0.25, 0.3) is 22.9 Å². The fourth-order valence-electron chi connectivity index (χ4n) is 6.82. The summed E-state index contributed by atoms with van der Waals surface area (Å²) in [6.45, 7) is 1.99. The molecular weight excluding hydrogens is 909 g/mol. The predicted molar refractivity (Wildman–Crippen MR) is 242 cm³/mol. The van der Waals surface area contributed by atoms with E-state index in [1.807, 2.05) is 9.80 Å². The summed E-state index contributed by atoms with van der Waals surface area (Å²) in [5.74, 6) is -5.83. The minimum Gasteiger partial charge on any atom is -0.548 e. The molecule has 14 N–H and O–H groups in total. The van der Waals surface area contributed by atoms with Crippen molar-refractivity contribution in [3.05, 3.63) is 80.4 Å². The molecule has 2 aromatic heterocycles. The number of carbonyl (C=O) groups excluding carboxylic acids is 4. The van der Waals surface area contributed by atoms with Crippen LogP contribution in [0.4, 0.5) is 46.3 Å². The molecule has 67 heavy (non-hydrogen) atoms. The van der Waals surface area contributed by atoms with Crippen molar-refractivity contribution in [3.8, 4) is 0 Å². The van der Waals surface area contributed by atoms with Gasteiger partial charge in [-0.15, -0.1) is 0 Å². The van der Waals surface area contributed by atoms with E-state index in [1.165, 1.54) is 24.3 Å². The number of rotatable bonds is 18. The number of amides is 2. The van der Waals surface area contributed by atoms with Gasteiger partial charge >= 0.3 is 49.7 Å². The van der Waals surface area contributed by atoms with E-state index in [0.717, 1.165) is 0 Å². The molecule has 0 bridgehead atoms. The van der Waals surface area contributed by atoms with E-state index in [2.05, 4.69) is 51.8 Å². The van der Waals surface area contributed by atoms with Gasteiger partial charge in [0.1, 0.15) is 11.4 Å². The number of carboxylic acids is 4. The van der Waals surface area contributed by atoms with Gasteiger partial charge in [-0.05, 0) is 61.4 Å². The van der Waals surface area contributed by atoms with Crippen molar-refractivity contribution in [2.24, 2.45) is 0 Å². The minimum absolute atomic E-state index is 0. The Balaban J connectivity index is 0.000000288. The molecular formula is C40H48CaN14O12. The number of nitrogens with one attached hydrogen (secondary N) is 8. The number of nitrogens with two attached hydrogens (primary N) is 2. The normalized spacial score (nSPS) is 15.4. The van der Waals surface area contributed by atoms with Gasteiger partial charge in [0.15, 0.2) is 11.6 Å². The number of H-pyrrole nitrogens is 2. The molecule has 352 valence electrons. The topological polar surface area (TPSA) is 411 Å². The summed E-state index contributed by atoms with van der Waals surface area (Å²) in [6, 6.07) is 9.68. The third-order valence-electron chi connectivity index (χ3n) is 10.5. The maximum Gasteiger partial charge on any atom is 2.00 e. The van der Waals surface area contributed by atoms with Crippen molar-refractivity contribution in [1.29, 1.82) is 0 Å². The van der Waals surface area contributed by atoms with Crippen LogP contribution in [0.5, 0.6) is 0 Å². The SMILES string of the molecule is CN1c2c(nc(N)[nH]c2=O)NCC1CNc1ccc(C(=O)NC(CCC(=O)O)C(=O)[O-])cc1.CN1c2c(nc(N)[nH]c2=O)NC[C@@H]1CNc1ccc(C(=O)NC(CCC(=O)O)C(=O)[O-])cc1.[Ca+2]. The molecule has 4 atom stereocenters. The number of nitrogens with zero attached hydrogens (tertiary/aromatic N) is 4. The van der Waals surface area contributed by atoms with E-state index >= 15 is 0 Å². The second kappa shape index (κ2) is 23.7. The average Bonchev–Trinajstić information content (AvgIpc) is 3.25. The van der Waals surface area contributed by atoms with Crippen molar-refractivity contribution in [1.82, 2.24) is 30.6 Å². The van der Waals surface area contributed by atoms with Crippen molar-refractivity contribution in [2.75, 3.05) is 82.8 Å². The zero-order valence-corrected chi connectivity index (χ0v) is 38.4. The molecule has 0 aliphatic carbocycles. The maximum absolute atomic E-state index is 12.3. The fraction of sp³-hybridized carbons (Fsp3) is 0.350. The number of fused-ring (bicyclic) bond motifs is 2. The molecule has 2 aromatic carbocycles. The molecule has 0 saturated carbocycles. The Morgan fingerprint density at radius 2 is 1.01 bits per heavy atom. The molecule has 2 aliphatic rings. The quantitative estimate of drug-likeness (QED) is 0.0429. The molecule has 3 unspecified atom stereocenters. The van der Waals surface area contributed by atoms with Crippen LogP contribution < -0.4 is 74.5 Å². The molecule has 0 radical (unpaired) electrons. The first-order chi connectivity index (χ1) is 31.3. The van der Waals surface area contributed by atoms with E-state index in [9.17, 15) is 48.6 Å². The molecule has 6 rings (SSSR count). The number of likely N-dealkylation sites (N-methyl/N-ethyl adjacent to an activating group) is 2. The summed E-state index contributed by atoms with van der Waals surface area (Å²) in [6.07, 6.45) is -1.38. The Labute approximate surface area is 410 Å². The van der Waals surface area contributed by atoms with Gasteiger partial charge in [0.05, 0.1) is 36.1 Å². The third kappa shape index (κ3) is 14.3. The smallest absolute Gasteiger partial charge is 0.548 e. The molecule has 4 heterocycles. The van der Waals surface area contributed by atoms with Gasteiger partial charge in [-0.25, -0.2) is 0 Å². The molecule has 0 fully saturated rings. The van der Waals surface area contributed by atoms with Crippen LogP contribution in [0.3, 0.4) is 0 Å². The van der Waals surface area contributed by atoms with E-state index < -0.39 is 60.6 Å². The minimum atomic E-state index is -1.55. The van der Waals surface area contributed by atoms with E-state index in [-0.39, 0.29) is 96.8 Å². The van der Waals surface area contributed by atoms with Gasteiger partial charge in [-0.2, -0.15) is 9.97 Å². The fourth-order valence-corrected chi connectivity index (χ4v) is 6.82. The summed E-state index contributed by atoms with van der Waals surface area (Å²) in [5.41, 5.74) is 13.1. The van der Waals surface area contributed by atoms with Gasteiger partial charge in [-0.3, -0.25) is 38.7 Å². The number of hydrogen-bond acceptors (Lipinski definition) is 20.